The van der Waals surface area contributed by atoms with Gasteiger partial charge in [-0.15, -0.1) is 0 Å². The van der Waals surface area contributed by atoms with Crippen molar-refractivity contribution >= 4 is 15.9 Å². The van der Waals surface area contributed by atoms with Crippen molar-refractivity contribution < 1.29 is 4.42 Å². The van der Waals surface area contributed by atoms with Crippen LogP contribution >= 0.6 is 15.9 Å². The lowest BCUT2D eigenvalue weighted by atomic mass is 10.1. The molecule has 16 heavy (non-hydrogen) atoms. The van der Waals surface area contributed by atoms with Crippen molar-refractivity contribution in [1.82, 2.24) is 10.2 Å². The Balaban J connectivity index is 2.05. The first-order valence-electron chi connectivity index (χ1n) is 5.88. The average Bonchev–Trinajstić information content (AvgIpc) is 2.87. The number of hydrogen-bond donors (Lipinski definition) is 1. The molecule has 2 atom stereocenters. The molecule has 0 radical (unpaired) electrons. The first-order valence-corrected chi connectivity index (χ1v) is 6.67. The van der Waals surface area contributed by atoms with Crippen molar-refractivity contribution in [2.45, 2.75) is 31.8 Å². The highest BCUT2D eigenvalue weighted by molar-refractivity contribution is 9.10. The number of nitrogens with zero attached hydrogens (tertiary/aromatic N) is 1. The Morgan fingerprint density at radius 1 is 1.62 bits per heavy atom. The van der Waals surface area contributed by atoms with E-state index in [9.17, 15) is 0 Å². The van der Waals surface area contributed by atoms with Crippen LogP contribution in [0.25, 0.3) is 0 Å². The van der Waals surface area contributed by atoms with E-state index in [0.717, 1.165) is 17.0 Å². The van der Waals surface area contributed by atoms with E-state index >= 15 is 0 Å². The van der Waals surface area contributed by atoms with Crippen molar-refractivity contribution in [1.29, 1.82) is 0 Å². The van der Waals surface area contributed by atoms with E-state index in [1.165, 1.54) is 19.4 Å². The van der Waals surface area contributed by atoms with Gasteiger partial charge in [-0.25, -0.2) is 0 Å². The lowest BCUT2D eigenvalue weighted by Crippen LogP contribution is -2.38. The van der Waals surface area contributed by atoms with Crippen molar-refractivity contribution in [3.05, 3.63) is 22.6 Å². The fraction of sp³-hybridized carbons (Fsp3) is 0.667. The van der Waals surface area contributed by atoms with Crippen molar-refractivity contribution in [2.75, 3.05) is 20.1 Å². The first-order chi connectivity index (χ1) is 7.72. The molecule has 0 saturated carbocycles. The SMILES string of the molecule is CNCC1CCCN1C(C)c1ccc(Br)o1. The van der Waals surface area contributed by atoms with Crippen LogP contribution in [0.15, 0.2) is 21.2 Å². The molecule has 1 saturated heterocycles. The highest BCUT2D eigenvalue weighted by Gasteiger charge is 2.29. The minimum Gasteiger partial charge on any atom is -0.453 e. The maximum atomic E-state index is 5.64. The predicted octanol–water partition coefficient (Wildman–Crippen LogP) is 2.79. The number of likely N-dealkylation sites (N-methyl/N-ethyl adjacent to an activating group) is 1. The molecule has 4 heteroatoms. The summed E-state index contributed by atoms with van der Waals surface area (Å²) in [5, 5.41) is 3.27. The standard InChI is InChI=1S/C12H19BrN2O/c1-9(11-5-6-12(13)16-11)15-7-3-4-10(15)8-14-2/h5-6,9-10,14H,3-4,7-8H2,1-2H3. The van der Waals surface area contributed by atoms with Gasteiger partial charge in [0.1, 0.15) is 5.76 Å². The second-order valence-electron chi connectivity index (χ2n) is 4.41. The maximum absolute atomic E-state index is 5.64. The molecule has 1 aliphatic heterocycles. The van der Waals surface area contributed by atoms with E-state index in [-0.39, 0.29) is 0 Å². The summed E-state index contributed by atoms with van der Waals surface area (Å²) in [4.78, 5) is 2.53. The van der Waals surface area contributed by atoms with E-state index in [1.54, 1.807) is 0 Å². The van der Waals surface area contributed by atoms with E-state index in [1.807, 2.05) is 13.1 Å². The molecule has 1 aliphatic rings. The minimum absolute atomic E-state index is 0.368. The molecule has 0 spiro atoms. The Hall–Kier alpha value is -0.320. The van der Waals surface area contributed by atoms with Gasteiger partial charge in [-0.2, -0.15) is 0 Å². The van der Waals surface area contributed by atoms with Gasteiger partial charge < -0.3 is 9.73 Å². The van der Waals surface area contributed by atoms with Gasteiger partial charge in [0.2, 0.25) is 0 Å². The Morgan fingerprint density at radius 3 is 3.06 bits per heavy atom. The average molecular weight is 287 g/mol. The van der Waals surface area contributed by atoms with Crippen LogP contribution in [0.5, 0.6) is 0 Å². The molecule has 0 bridgehead atoms. The van der Waals surface area contributed by atoms with Gasteiger partial charge in [0.05, 0.1) is 6.04 Å². The third-order valence-corrected chi connectivity index (χ3v) is 3.79. The van der Waals surface area contributed by atoms with Crippen LogP contribution in [0, 0.1) is 0 Å². The second-order valence-corrected chi connectivity index (χ2v) is 5.19. The quantitative estimate of drug-likeness (QED) is 0.923. The predicted molar refractivity (Wildman–Crippen MR) is 68.5 cm³/mol. The van der Waals surface area contributed by atoms with Gasteiger partial charge in [-0.3, -0.25) is 4.90 Å². The fourth-order valence-electron chi connectivity index (χ4n) is 2.54. The van der Waals surface area contributed by atoms with Crippen LogP contribution in [0.1, 0.15) is 31.6 Å². The van der Waals surface area contributed by atoms with Crippen LogP contribution in [0.4, 0.5) is 0 Å². The van der Waals surface area contributed by atoms with Crippen molar-refractivity contribution in [3.8, 4) is 0 Å². The molecule has 2 rings (SSSR count). The van der Waals surface area contributed by atoms with Crippen LogP contribution in [0.3, 0.4) is 0 Å². The summed E-state index contributed by atoms with van der Waals surface area (Å²) in [6, 6.07) is 5.04. The van der Waals surface area contributed by atoms with Crippen LogP contribution < -0.4 is 5.32 Å². The van der Waals surface area contributed by atoms with Crippen LogP contribution in [-0.2, 0) is 0 Å². The van der Waals surface area contributed by atoms with Crippen molar-refractivity contribution in [3.63, 3.8) is 0 Å². The molecule has 2 unspecified atom stereocenters. The smallest absolute Gasteiger partial charge is 0.169 e. The molecular weight excluding hydrogens is 268 g/mol. The lowest BCUT2D eigenvalue weighted by Gasteiger charge is -2.29. The zero-order chi connectivity index (χ0) is 11.5. The molecule has 1 aromatic rings. The molecule has 1 N–H and O–H groups in total. The highest BCUT2D eigenvalue weighted by Crippen LogP contribution is 2.30. The van der Waals surface area contributed by atoms with E-state index in [0.29, 0.717) is 12.1 Å². The summed E-state index contributed by atoms with van der Waals surface area (Å²) >= 11 is 3.36. The van der Waals surface area contributed by atoms with Gasteiger partial charge in [-0.1, -0.05) is 0 Å². The van der Waals surface area contributed by atoms with E-state index in [2.05, 4.69) is 39.1 Å². The van der Waals surface area contributed by atoms with E-state index < -0.39 is 0 Å². The number of rotatable bonds is 4. The molecule has 0 aromatic carbocycles. The number of halogens is 1. The summed E-state index contributed by atoms with van der Waals surface area (Å²) < 4.78 is 6.46. The third kappa shape index (κ3) is 2.50. The number of furan rings is 1. The van der Waals surface area contributed by atoms with Gasteiger partial charge in [-0.05, 0) is 61.4 Å². The highest BCUT2D eigenvalue weighted by atomic mass is 79.9. The van der Waals surface area contributed by atoms with Crippen LogP contribution in [-0.4, -0.2) is 31.1 Å². The van der Waals surface area contributed by atoms with Gasteiger partial charge in [0.25, 0.3) is 0 Å². The molecule has 90 valence electrons. The Bertz CT molecular complexity index is 340. The van der Waals surface area contributed by atoms with Gasteiger partial charge in [0.15, 0.2) is 4.67 Å². The number of hydrogen-bond acceptors (Lipinski definition) is 3. The molecule has 3 nitrogen and oxygen atoms in total. The summed E-state index contributed by atoms with van der Waals surface area (Å²) in [5.74, 6) is 1.05. The Kier molecular flexibility index (Phi) is 4.05. The lowest BCUT2D eigenvalue weighted by molar-refractivity contribution is 0.170. The topological polar surface area (TPSA) is 28.4 Å². The number of nitrogens with one attached hydrogen (secondary N) is 1. The zero-order valence-corrected chi connectivity index (χ0v) is 11.5. The monoisotopic (exact) mass is 286 g/mol. The molecule has 0 amide bonds. The maximum Gasteiger partial charge on any atom is 0.169 e. The summed E-state index contributed by atoms with van der Waals surface area (Å²) in [6.07, 6.45) is 2.58. The summed E-state index contributed by atoms with van der Waals surface area (Å²) in [5.41, 5.74) is 0. The molecule has 1 aromatic heterocycles. The molecule has 2 heterocycles. The molecule has 0 aliphatic carbocycles. The Morgan fingerprint density at radius 2 is 2.44 bits per heavy atom. The number of likely N-dealkylation sites (tertiary alicyclic amines) is 1. The van der Waals surface area contributed by atoms with Gasteiger partial charge >= 0.3 is 0 Å². The van der Waals surface area contributed by atoms with E-state index in [4.69, 9.17) is 4.42 Å². The third-order valence-electron chi connectivity index (χ3n) is 3.37. The molecule has 1 fully saturated rings. The Labute approximate surface area is 105 Å². The van der Waals surface area contributed by atoms with Gasteiger partial charge in [0, 0.05) is 12.6 Å². The normalized spacial score (nSPS) is 23.8. The molecular formula is C12H19BrN2O. The first kappa shape index (κ1) is 12.1. The fourth-order valence-corrected chi connectivity index (χ4v) is 2.86. The van der Waals surface area contributed by atoms with Crippen LogP contribution in [0.2, 0.25) is 0 Å². The largest absolute Gasteiger partial charge is 0.453 e. The second kappa shape index (κ2) is 5.34. The van der Waals surface area contributed by atoms with Crippen molar-refractivity contribution in [2.24, 2.45) is 0 Å². The minimum atomic E-state index is 0.368. The zero-order valence-electron chi connectivity index (χ0n) is 9.87. The summed E-state index contributed by atoms with van der Waals surface area (Å²) in [6.45, 7) is 4.46. The summed E-state index contributed by atoms with van der Waals surface area (Å²) in [7, 11) is 2.02.